The highest BCUT2D eigenvalue weighted by molar-refractivity contribution is 7.33. The Morgan fingerprint density at radius 3 is 2.35 bits per heavy atom. The first-order valence-electron chi connectivity index (χ1n) is 14.4. The van der Waals surface area contributed by atoms with Crippen LogP contribution in [-0.2, 0) is 41.2 Å². The Hall–Kier alpha value is -3.02. The van der Waals surface area contributed by atoms with Crippen LogP contribution in [0.3, 0.4) is 0 Å². The van der Waals surface area contributed by atoms with Gasteiger partial charge in [0.15, 0.2) is 31.8 Å². The number of hydrogen-bond acceptors (Lipinski definition) is 14. The molecule has 1 aliphatic rings. The number of carbonyl (C=O) groups excluding carboxylic acids is 1. The molecule has 46 heavy (non-hydrogen) atoms. The zero-order chi connectivity index (χ0) is 34.2. The molecule has 3 rings (SSSR count). The number of aromatic nitrogens is 4. The average Bonchev–Trinajstić information content (AvgIpc) is 3.52. The summed E-state index contributed by atoms with van der Waals surface area (Å²) < 4.78 is 61.4. The third-order valence-corrected chi connectivity index (χ3v) is 13.4. The van der Waals surface area contributed by atoms with Crippen molar-refractivity contribution in [3.05, 3.63) is 16.7 Å². The Bertz CT molecular complexity index is 1560. The van der Waals surface area contributed by atoms with E-state index >= 15 is 0 Å². The Morgan fingerprint density at radius 2 is 1.76 bits per heavy atom. The lowest BCUT2D eigenvalue weighted by molar-refractivity contribution is -0.118. The first-order chi connectivity index (χ1) is 21.6. The molecule has 250 valence electrons. The van der Waals surface area contributed by atoms with Crippen LogP contribution < -0.4 is 10.9 Å². The minimum absolute atomic E-state index is 0.000552. The van der Waals surface area contributed by atoms with Crippen molar-refractivity contribution >= 4 is 47.8 Å². The van der Waals surface area contributed by atoms with E-state index in [2.05, 4.69) is 20.3 Å². The molecule has 0 bridgehead atoms. The van der Waals surface area contributed by atoms with Crippen LogP contribution in [0.5, 0.6) is 0 Å². The summed E-state index contributed by atoms with van der Waals surface area (Å²) in [7, 11) is -8.08. The fourth-order valence-corrected chi connectivity index (χ4v) is 6.53. The van der Waals surface area contributed by atoms with Gasteiger partial charge in [0.05, 0.1) is 31.3 Å². The van der Waals surface area contributed by atoms with Crippen LogP contribution in [0.25, 0.3) is 11.2 Å². The maximum absolute atomic E-state index is 12.9. The number of anilines is 1. The van der Waals surface area contributed by atoms with E-state index in [1.165, 1.54) is 10.9 Å². The van der Waals surface area contributed by atoms with Gasteiger partial charge in [-0.15, -0.1) is 18.1 Å². The van der Waals surface area contributed by atoms with Crippen molar-refractivity contribution in [3.63, 3.8) is 0 Å². The molecule has 0 spiro atoms. The molecule has 2 N–H and O–H groups in total. The molecule has 6 atom stereocenters. The van der Waals surface area contributed by atoms with Crippen LogP contribution in [0.4, 0.5) is 5.95 Å². The van der Waals surface area contributed by atoms with Crippen LogP contribution >= 0.6 is 16.5 Å². The topological polar surface area (TPSA) is 230 Å². The molecule has 1 fully saturated rings. The normalized spacial score (nSPS) is 20.8. The van der Waals surface area contributed by atoms with Crippen LogP contribution in [0, 0.1) is 28.6 Å². The van der Waals surface area contributed by atoms with Gasteiger partial charge in [0.1, 0.15) is 32.0 Å². The smallest absolute Gasteiger partial charge is 0.406 e. The highest BCUT2D eigenvalue weighted by atomic mass is 31.1. The number of fused-ring (bicyclic) bond motifs is 1. The number of rotatable bonds is 16. The third kappa shape index (κ3) is 9.51. The fourth-order valence-electron chi connectivity index (χ4n) is 3.90. The molecule has 0 aliphatic carbocycles. The van der Waals surface area contributed by atoms with Gasteiger partial charge in [0.2, 0.25) is 11.9 Å². The van der Waals surface area contributed by atoms with Crippen LogP contribution in [-0.4, -0.2) is 71.9 Å². The number of amides is 1. The summed E-state index contributed by atoms with van der Waals surface area (Å²) in [5, 5.41) is 19.8. The Balaban J connectivity index is 2.08. The molecule has 20 heteroatoms. The van der Waals surface area contributed by atoms with E-state index in [1.807, 2.05) is 46.0 Å². The molecular weight excluding hydrogens is 660 g/mol. The van der Waals surface area contributed by atoms with E-state index in [1.54, 1.807) is 13.8 Å². The first-order valence-corrected chi connectivity index (χ1v) is 19.5. The second kappa shape index (κ2) is 16.2. The molecule has 0 radical (unpaired) electrons. The molecule has 2 aromatic rings. The Labute approximate surface area is 268 Å². The van der Waals surface area contributed by atoms with Crippen molar-refractivity contribution in [2.75, 3.05) is 25.1 Å². The molecular formula is C26H39N7O10P2Si+2. The second-order valence-electron chi connectivity index (χ2n) is 12.1. The van der Waals surface area contributed by atoms with Gasteiger partial charge in [-0.1, -0.05) is 34.6 Å². The van der Waals surface area contributed by atoms with Crippen molar-refractivity contribution in [1.82, 2.24) is 19.5 Å². The number of aromatic amines is 1. The SMILES string of the molecule is CC(C)C(=O)Nc1nc2c(ncn2C2OC(CO[P+](=O)OCCC#N)C(O[P+](=O)OCCC#N)C2O[Si](C)(C)C(C)(C)C)c(=O)[nH]1. The molecule has 3 heterocycles. The van der Waals surface area contributed by atoms with Gasteiger partial charge in [0.25, 0.3) is 5.56 Å². The molecule has 0 aromatic carbocycles. The number of H-pyrrole nitrogens is 1. The zero-order valence-electron chi connectivity index (χ0n) is 26.7. The monoisotopic (exact) mass is 699 g/mol. The predicted octanol–water partition coefficient (Wildman–Crippen LogP) is 4.58. The van der Waals surface area contributed by atoms with E-state index < -0.39 is 60.8 Å². The van der Waals surface area contributed by atoms with Crippen LogP contribution in [0.1, 0.15) is 53.7 Å². The molecule has 1 aliphatic heterocycles. The number of hydrogen-bond donors (Lipinski definition) is 2. The van der Waals surface area contributed by atoms with Gasteiger partial charge in [-0.2, -0.15) is 15.5 Å². The van der Waals surface area contributed by atoms with E-state index in [0.717, 1.165) is 0 Å². The molecule has 6 unspecified atom stereocenters. The fraction of sp³-hybridized carbons (Fsp3) is 0.692. The van der Waals surface area contributed by atoms with E-state index in [4.69, 9.17) is 37.8 Å². The lowest BCUT2D eigenvalue weighted by Gasteiger charge is -2.40. The lowest BCUT2D eigenvalue weighted by atomic mass is 10.1. The van der Waals surface area contributed by atoms with Gasteiger partial charge >= 0.3 is 16.5 Å². The number of nitrogens with one attached hydrogen (secondary N) is 2. The van der Waals surface area contributed by atoms with Gasteiger partial charge in [-0.3, -0.25) is 24.5 Å². The lowest BCUT2D eigenvalue weighted by Crippen LogP contribution is -2.49. The third-order valence-electron chi connectivity index (χ3n) is 7.37. The zero-order valence-corrected chi connectivity index (χ0v) is 29.5. The van der Waals surface area contributed by atoms with Gasteiger partial charge in [0, 0.05) is 15.0 Å². The molecule has 17 nitrogen and oxygen atoms in total. The maximum atomic E-state index is 12.9. The number of nitrogens with zero attached hydrogens (tertiary/aromatic N) is 5. The van der Waals surface area contributed by atoms with Crippen molar-refractivity contribution < 1.29 is 41.2 Å². The number of nitriles is 2. The largest absolute Gasteiger partial charge is 0.697 e. The maximum Gasteiger partial charge on any atom is 0.697 e. The molecule has 0 saturated carbocycles. The first kappa shape index (κ1) is 37.4. The highest BCUT2D eigenvalue weighted by Gasteiger charge is 2.56. The molecule has 1 amide bonds. The minimum atomic E-state index is -2.79. The summed E-state index contributed by atoms with van der Waals surface area (Å²) in [6, 6.07) is 3.77. The van der Waals surface area contributed by atoms with Gasteiger partial charge in [-0.25, -0.2) is 4.98 Å². The summed E-state index contributed by atoms with van der Waals surface area (Å²) >= 11 is 0. The molecule has 1 saturated heterocycles. The number of imidazole rings is 1. The number of carbonyl (C=O) groups is 1. The van der Waals surface area contributed by atoms with Crippen LogP contribution in [0.2, 0.25) is 18.1 Å². The summed E-state index contributed by atoms with van der Waals surface area (Å²) in [5.74, 6) is -0.870. The van der Waals surface area contributed by atoms with Crippen molar-refractivity contribution in [1.29, 1.82) is 10.5 Å². The Kier molecular flexibility index (Phi) is 13.2. The van der Waals surface area contributed by atoms with E-state index in [-0.39, 0.29) is 60.7 Å². The van der Waals surface area contributed by atoms with Crippen LogP contribution in [0.15, 0.2) is 11.1 Å². The highest BCUT2D eigenvalue weighted by Crippen LogP contribution is 2.45. The quantitative estimate of drug-likeness (QED) is 0.139. The summed E-state index contributed by atoms with van der Waals surface area (Å²) in [6.45, 7) is 12.8. The van der Waals surface area contributed by atoms with Crippen molar-refractivity contribution in [2.24, 2.45) is 5.92 Å². The minimum Gasteiger partial charge on any atom is -0.406 e. The van der Waals surface area contributed by atoms with Crippen molar-refractivity contribution in [2.45, 2.75) is 90.1 Å². The van der Waals surface area contributed by atoms with E-state index in [9.17, 15) is 18.7 Å². The average molecular weight is 700 g/mol. The van der Waals surface area contributed by atoms with Gasteiger partial charge in [-0.05, 0) is 18.1 Å². The van der Waals surface area contributed by atoms with E-state index in [0.29, 0.717) is 0 Å². The summed E-state index contributed by atoms with van der Waals surface area (Å²) in [6.07, 6.45) is -3.03. The summed E-state index contributed by atoms with van der Waals surface area (Å²) in [5.41, 5.74) is -0.609. The Morgan fingerprint density at radius 1 is 1.13 bits per heavy atom. The standard InChI is InChI=1S/C26H37N7O10P2Si/c1-16(2)22(34)31-25-30-21-18(23(35)32-25)29-15-33(21)24-20(43-46(6,7)26(3,4)5)19(42-45(37)39-13-9-11-28)17(41-24)14-40-44(36)38-12-8-10-27/h15-17,19-20,24H,8-9,12-14H2,1-7H3/p+2. The van der Waals surface area contributed by atoms with Gasteiger partial charge < -0.3 is 9.16 Å². The van der Waals surface area contributed by atoms with Crippen molar-refractivity contribution in [3.8, 4) is 12.1 Å². The molecule has 2 aromatic heterocycles. The summed E-state index contributed by atoms with van der Waals surface area (Å²) in [4.78, 5) is 36.4. The predicted molar refractivity (Wildman–Crippen MR) is 166 cm³/mol. The number of ether oxygens (including phenoxy) is 1. The second-order valence-corrected chi connectivity index (χ2v) is 18.7.